The average Bonchev–Trinajstić information content (AvgIpc) is 3.20. The number of piperidine rings is 1. The number of benzene rings is 1. The smallest absolute Gasteiger partial charge is 0.325 e. The minimum atomic E-state index is -0.431. The van der Waals surface area contributed by atoms with Crippen molar-refractivity contribution in [3.8, 4) is 0 Å². The van der Waals surface area contributed by atoms with Crippen molar-refractivity contribution >= 4 is 28.7 Å². The number of nitrogens with zero attached hydrogens (tertiary/aromatic N) is 3. The topological polar surface area (TPSA) is 96.4 Å². The van der Waals surface area contributed by atoms with E-state index in [1.54, 1.807) is 6.92 Å². The lowest BCUT2D eigenvalue weighted by Gasteiger charge is -2.31. The molecule has 0 unspecified atom stereocenters. The molecule has 0 saturated carbocycles. The van der Waals surface area contributed by atoms with Crippen molar-refractivity contribution in [2.45, 2.75) is 26.2 Å². The van der Waals surface area contributed by atoms with E-state index in [1.165, 1.54) is 17.1 Å². The van der Waals surface area contributed by atoms with Gasteiger partial charge in [0.1, 0.15) is 12.4 Å². The molecule has 3 rings (SSSR count). The molecule has 1 aromatic carbocycles. The van der Waals surface area contributed by atoms with Gasteiger partial charge in [-0.1, -0.05) is 30.3 Å². The van der Waals surface area contributed by atoms with E-state index in [-0.39, 0.29) is 12.6 Å². The molecule has 1 saturated heterocycles. The van der Waals surface area contributed by atoms with Crippen LogP contribution in [0.3, 0.4) is 0 Å². The molecule has 2 heterocycles. The molecule has 29 heavy (non-hydrogen) atoms. The average molecular weight is 418 g/mol. The summed E-state index contributed by atoms with van der Waals surface area (Å²) < 4.78 is 9.28. The number of hydrogen-bond acceptors (Lipinski definition) is 7. The van der Waals surface area contributed by atoms with E-state index >= 15 is 0 Å². The monoisotopic (exact) mass is 417 g/mol. The van der Waals surface area contributed by atoms with Gasteiger partial charge < -0.3 is 20.3 Å². The van der Waals surface area contributed by atoms with Gasteiger partial charge in [-0.25, -0.2) is 9.78 Å². The fourth-order valence-corrected chi connectivity index (χ4v) is 3.95. The Balaban J connectivity index is 1.37. The van der Waals surface area contributed by atoms with E-state index in [1.807, 2.05) is 18.2 Å². The Morgan fingerprint density at radius 3 is 2.69 bits per heavy atom. The van der Waals surface area contributed by atoms with Gasteiger partial charge in [-0.05, 0) is 31.2 Å². The largest absolute Gasteiger partial charge is 0.465 e. The molecule has 1 fully saturated rings. The zero-order chi connectivity index (χ0) is 20.5. The molecular formula is C20H27N5O3S. The van der Waals surface area contributed by atoms with Crippen LogP contribution >= 0.6 is 11.5 Å². The summed E-state index contributed by atoms with van der Waals surface area (Å²) in [4.78, 5) is 30.0. The third-order valence-corrected chi connectivity index (χ3v) is 5.61. The highest BCUT2D eigenvalue weighted by Crippen LogP contribution is 2.25. The standard InChI is InChI=1S/C20H27N5O3S/c1-2-28-18(26)14-22-19(27)21-13-16-8-10-25(11-9-16)20-23-17(24-29-20)12-15-6-4-3-5-7-15/h3-7,16H,2,8-14H2,1H3,(H2,21,22,27). The van der Waals surface area contributed by atoms with Crippen molar-refractivity contribution < 1.29 is 14.3 Å². The van der Waals surface area contributed by atoms with E-state index in [9.17, 15) is 9.59 Å². The Morgan fingerprint density at radius 2 is 1.97 bits per heavy atom. The van der Waals surface area contributed by atoms with Gasteiger partial charge >= 0.3 is 12.0 Å². The summed E-state index contributed by atoms with van der Waals surface area (Å²) >= 11 is 1.45. The summed E-state index contributed by atoms with van der Waals surface area (Å²) in [5.74, 6) is 0.842. The van der Waals surface area contributed by atoms with Crippen LogP contribution in [-0.2, 0) is 16.0 Å². The molecule has 156 valence electrons. The van der Waals surface area contributed by atoms with E-state index in [4.69, 9.17) is 9.72 Å². The second-order valence-corrected chi connectivity index (χ2v) is 7.68. The summed E-state index contributed by atoms with van der Waals surface area (Å²) in [5.41, 5.74) is 1.21. The van der Waals surface area contributed by atoms with Gasteiger partial charge in [-0.2, -0.15) is 4.37 Å². The van der Waals surface area contributed by atoms with Gasteiger partial charge in [0.25, 0.3) is 0 Å². The molecular weight excluding hydrogens is 390 g/mol. The first-order valence-corrected chi connectivity index (χ1v) is 10.7. The third-order valence-electron chi connectivity index (χ3n) is 4.80. The highest BCUT2D eigenvalue weighted by Gasteiger charge is 2.22. The third kappa shape index (κ3) is 6.70. The van der Waals surface area contributed by atoms with E-state index in [0.717, 1.165) is 43.3 Å². The fraction of sp³-hybridized carbons (Fsp3) is 0.500. The van der Waals surface area contributed by atoms with Crippen LogP contribution in [0.1, 0.15) is 31.2 Å². The molecule has 0 radical (unpaired) electrons. The molecule has 0 aliphatic carbocycles. The predicted molar refractivity (Wildman–Crippen MR) is 112 cm³/mol. The van der Waals surface area contributed by atoms with Crippen LogP contribution in [0.2, 0.25) is 0 Å². The molecule has 0 spiro atoms. The van der Waals surface area contributed by atoms with Crippen molar-refractivity contribution in [1.82, 2.24) is 20.0 Å². The number of amides is 2. The van der Waals surface area contributed by atoms with Crippen LogP contribution in [0.15, 0.2) is 30.3 Å². The second kappa shape index (κ2) is 10.8. The molecule has 2 aromatic rings. The summed E-state index contributed by atoms with van der Waals surface area (Å²) in [7, 11) is 0. The maximum Gasteiger partial charge on any atom is 0.325 e. The first-order chi connectivity index (χ1) is 14.1. The van der Waals surface area contributed by atoms with Gasteiger partial charge in [0.15, 0.2) is 0 Å². The van der Waals surface area contributed by atoms with E-state index < -0.39 is 5.97 Å². The number of esters is 1. The Morgan fingerprint density at radius 1 is 1.21 bits per heavy atom. The zero-order valence-electron chi connectivity index (χ0n) is 16.6. The predicted octanol–water partition coefficient (Wildman–Crippen LogP) is 2.21. The van der Waals surface area contributed by atoms with Crippen LogP contribution in [0.4, 0.5) is 9.93 Å². The highest BCUT2D eigenvalue weighted by atomic mass is 32.1. The first-order valence-electron chi connectivity index (χ1n) is 9.92. The van der Waals surface area contributed by atoms with E-state index in [2.05, 4.69) is 32.0 Å². The summed E-state index contributed by atoms with van der Waals surface area (Å²) in [6, 6.07) is 9.89. The number of rotatable bonds is 8. The Bertz CT molecular complexity index is 790. The van der Waals surface area contributed by atoms with Gasteiger partial charge in [-0.3, -0.25) is 4.79 Å². The first kappa shape index (κ1) is 21.0. The van der Waals surface area contributed by atoms with Crippen molar-refractivity contribution in [1.29, 1.82) is 0 Å². The zero-order valence-corrected chi connectivity index (χ0v) is 17.4. The Kier molecular flexibility index (Phi) is 7.80. The number of carbonyl (C=O) groups excluding carboxylic acids is 2. The van der Waals surface area contributed by atoms with Crippen molar-refractivity contribution in [3.63, 3.8) is 0 Å². The van der Waals surface area contributed by atoms with Gasteiger partial charge in [-0.15, -0.1) is 0 Å². The lowest BCUT2D eigenvalue weighted by Crippen LogP contribution is -2.43. The molecule has 9 heteroatoms. The van der Waals surface area contributed by atoms with Gasteiger partial charge in [0.05, 0.1) is 6.61 Å². The Hall–Kier alpha value is -2.68. The van der Waals surface area contributed by atoms with Crippen LogP contribution in [-0.4, -0.2) is 54.1 Å². The quantitative estimate of drug-likeness (QED) is 0.640. The summed E-state index contributed by atoms with van der Waals surface area (Å²) in [5, 5.41) is 6.31. The molecule has 1 aromatic heterocycles. The van der Waals surface area contributed by atoms with Crippen LogP contribution in [0, 0.1) is 5.92 Å². The highest BCUT2D eigenvalue weighted by molar-refractivity contribution is 7.09. The SMILES string of the molecule is CCOC(=O)CNC(=O)NCC1CCN(c2nc(Cc3ccccc3)ns2)CC1. The number of nitrogens with one attached hydrogen (secondary N) is 2. The second-order valence-electron chi connectivity index (χ2n) is 6.95. The maximum absolute atomic E-state index is 11.8. The number of anilines is 1. The molecule has 2 N–H and O–H groups in total. The van der Waals surface area contributed by atoms with E-state index in [0.29, 0.717) is 19.1 Å². The fourth-order valence-electron chi connectivity index (χ4n) is 3.22. The number of ether oxygens (including phenoxy) is 1. The Labute approximate surface area is 174 Å². The van der Waals surface area contributed by atoms with Crippen molar-refractivity contribution in [2.75, 3.05) is 37.7 Å². The lowest BCUT2D eigenvalue weighted by atomic mass is 9.97. The normalized spacial score (nSPS) is 14.4. The van der Waals surface area contributed by atoms with Gasteiger partial charge in [0.2, 0.25) is 5.13 Å². The maximum atomic E-state index is 11.8. The number of aromatic nitrogens is 2. The summed E-state index contributed by atoms with van der Waals surface area (Å²) in [6.07, 6.45) is 2.70. The van der Waals surface area contributed by atoms with Crippen molar-refractivity contribution in [2.24, 2.45) is 5.92 Å². The van der Waals surface area contributed by atoms with Crippen LogP contribution in [0.5, 0.6) is 0 Å². The molecule has 1 aliphatic rings. The number of urea groups is 1. The summed E-state index contributed by atoms with van der Waals surface area (Å²) in [6.45, 7) is 4.32. The molecule has 2 amide bonds. The number of carbonyl (C=O) groups is 2. The molecule has 0 bridgehead atoms. The molecule has 0 atom stereocenters. The van der Waals surface area contributed by atoms with Crippen molar-refractivity contribution in [3.05, 3.63) is 41.7 Å². The molecule has 1 aliphatic heterocycles. The minimum Gasteiger partial charge on any atom is -0.465 e. The van der Waals surface area contributed by atoms with Crippen LogP contribution in [0.25, 0.3) is 0 Å². The van der Waals surface area contributed by atoms with Gasteiger partial charge in [0, 0.05) is 37.6 Å². The lowest BCUT2D eigenvalue weighted by molar-refractivity contribution is -0.141. The molecule has 8 nitrogen and oxygen atoms in total. The minimum absolute atomic E-state index is 0.111. The van der Waals surface area contributed by atoms with Crippen LogP contribution < -0.4 is 15.5 Å². The number of hydrogen-bond donors (Lipinski definition) is 2.